The van der Waals surface area contributed by atoms with Gasteiger partial charge in [0.25, 0.3) is 5.56 Å². The quantitative estimate of drug-likeness (QED) is 0.275. The number of amides is 1. The largest absolute Gasteiger partial charge is 0.342 e. The molecule has 1 aliphatic heterocycles. The Hall–Kier alpha value is -1.87. The highest BCUT2D eigenvalue weighted by atomic mass is 127. The Kier molecular flexibility index (Phi) is 6.77. The number of nitrogens with zero attached hydrogens (tertiary/aromatic N) is 3. The van der Waals surface area contributed by atoms with Crippen molar-refractivity contribution >= 4 is 51.2 Å². The van der Waals surface area contributed by atoms with Crippen molar-refractivity contribution < 1.29 is 4.79 Å². The Balaban J connectivity index is 1.71. The van der Waals surface area contributed by atoms with Crippen LogP contribution < -0.4 is 5.56 Å². The summed E-state index contributed by atoms with van der Waals surface area (Å²) in [6.07, 6.45) is 3.32. The molecule has 5 nitrogen and oxygen atoms in total. The van der Waals surface area contributed by atoms with E-state index in [1.54, 1.807) is 4.57 Å². The average Bonchev–Trinajstić information content (AvgIpc) is 2.77. The maximum absolute atomic E-state index is 13.4. The molecule has 1 amide bonds. The zero-order chi connectivity index (χ0) is 21.1. The number of aromatic nitrogens is 2. The van der Waals surface area contributed by atoms with E-state index in [2.05, 4.69) is 22.6 Å². The first kappa shape index (κ1) is 21.4. The van der Waals surface area contributed by atoms with E-state index in [1.807, 2.05) is 60.4 Å². The van der Waals surface area contributed by atoms with Crippen LogP contribution in [0.1, 0.15) is 31.7 Å². The van der Waals surface area contributed by atoms with Crippen molar-refractivity contribution in [2.75, 3.05) is 13.1 Å². The molecule has 156 valence electrons. The van der Waals surface area contributed by atoms with Crippen molar-refractivity contribution in [1.29, 1.82) is 0 Å². The predicted octanol–water partition coefficient (Wildman–Crippen LogP) is 4.54. The molecule has 1 aliphatic rings. The maximum Gasteiger partial charge on any atom is 0.262 e. The van der Waals surface area contributed by atoms with Crippen molar-refractivity contribution in [3.05, 3.63) is 68.0 Å². The number of carbonyl (C=O) groups is 1. The summed E-state index contributed by atoms with van der Waals surface area (Å²) in [5.41, 5.74) is 1.63. The maximum atomic E-state index is 13.4. The third-order valence-corrected chi connectivity index (χ3v) is 7.11. The summed E-state index contributed by atoms with van der Waals surface area (Å²) in [6, 6.07) is 15.6. The third kappa shape index (κ3) is 4.72. The number of rotatable bonds is 5. The fourth-order valence-electron chi connectivity index (χ4n) is 3.75. The van der Waals surface area contributed by atoms with Crippen LogP contribution in [0.2, 0.25) is 0 Å². The minimum absolute atomic E-state index is 0.0671. The van der Waals surface area contributed by atoms with Crippen molar-refractivity contribution in [1.82, 2.24) is 14.5 Å². The SMILES string of the molecule is CC(Sc1nc2ccc(I)cc2c(=O)n1Cc1ccccc1)C(=O)N1CCCCC1. The number of piperidine rings is 1. The van der Waals surface area contributed by atoms with E-state index in [0.717, 1.165) is 35.1 Å². The summed E-state index contributed by atoms with van der Waals surface area (Å²) in [6.45, 7) is 3.99. The third-order valence-electron chi connectivity index (χ3n) is 5.36. The molecule has 0 bridgehead atoms. The number of likely N-dealkylation sites (tertiary alicyclic amines) is 1. The van der Waals surface area contributed by atoms with Gasteiger partial charge in [-0.15, -0.1) is 0 Å². The lowest BCUT2D eigenvalue weighted by Gasteiger charge is -2.29. The van der Waals surface area contributed by atoms with Crippen LogP contribution in [0.3, 0.4) is 0 Å². The molecule has 0 radical (unpaired) electrons. The van der Waals surface area contributed by atoms with Crippen LogP contribution in [0.4, 0.5) is 0 Å². The summed E-state index contributed by atoms with van der Waals surface area (Å²) < 4.78 is 2.71. The van der Waals surface area contributed by atoms with Crippen LogP contribution in [0, 0.1) is 3.57 Å². The molecule has 0 aliphatic carbocycles. The second-order valence-electron chi connectivity index (χ2n) is 7.58. The number of carbonyl (C=O) groups excluding carboxylic acids is 1. The van der Waals surface area contributed by atoms with Gasteiger partial charge in [-0.3, -0.25) is 14.2 Å². The second kappa shape index (κ2) is 9.51. The van der Waals surface area contributed by atoms with Crippen LogP contribution in [0.15, 0.2) is 58.5 Å². The first-order valence-electron chi connectivity index (χ1n) is 10.2. The monoisotopic (exact) mass is 533 g/mol. The number of benzene rings is 2. The fourth-order valence-corrected chi connectivity index (χ4v) is 5.23. The Labute approximate surface area is 194 Å². The smallest absolute Gasteiger partial charge is 0.262 e. The number of fused-ring (bicyclic) bond motifs is 1. The van der Waals surface area contributed by atoms with Gasteiger partial charge in [0.05, 0.1) is 22.7 Å². The predicted molar refractivity (Wildman–Crippen MR) is 130 cm³/mol. The first-order chi connectivity index (χ1) is 14.5. The highest BCUT2D eigenvalue weighted by Gasteiger charge is 2.25. The molecule has 30 heavy (non-hydrogen) atoms. The summed E-state index contributed by atoms with van der Waals surface area (Å²) >= 11 is 3.59. The Morgan fingerprint density at radius 1 is 1.13 bits per heavy atom. The topological polar surface area (TPSA) is 55.2 Å². The Morgan fingerprint density at radius 2 is 1.87 bits per heavy atom. The molecule has 7 heteroatoms. The van der Waals surface area contributed by atoms with Crippen LogP contribution in [-0.4, -0.2) is 38.7 Å². The zero-order valence-electron chi connectivity index (χ0n) is 16.9. The van der Waals surface area contributed by atoms with Gasteiger partial charge in [-0.2, -0.15) is 0 Å². The summed E-state index contributed by atoms with van der Waals surface area (Å²) in [4.78, 5) is 33.1. The number of hydrogen-bond donors (Lipinski definition) is 0. The summed E-state index contributed by atoms with van der Waals surface area (Å²) in [5, 5.41) is 0.908. The van der Waals surface area contributed by atoms with Gasteiger partial charge in [-0.25, -0.2) is 4.98 Å². The van der Waals surface area contributed by atoms with Gasteiger partial charge >= 0.3 is 0 Å². The van der Waals surface area contributed by atoms with E-state index in [4.69, 9.17) is 4.98 Å². The molecule has 1 saturated heterocycles. The molecule has 2 aromatic carbocycles. The van der Waals surface area contributed by atoms with Gasteiger partial charge in [0.2, 0.25) is 5.91 Å². The molecule has 0 saturated carbocycles. The molecule has 3 aromatic rings. The van der Waals surface area contributed by atoms with Crippen molar-refractivity contribution in [3.63, 3.8) is 0 Å². The van der Waals surface area contributed by atoms with E-state index in [9.17, 15) is 9.59 Å². The molecule has 1 aromatic heterocycles. The van der Waals surface area contributed by atoms with Crippen molar-refractivity contribution in [2.45, 2.75) is 43.1 Å². The van der Waals surface area contributed by atoms with Gasteiger partial charge in [0.15, 0.2) is 5.16 Å². The number of hydrogen-bond acceptors (Lipinski definition) is 4. The van der Waals surface area contributed by atoms with Crippen molar-refractivity contribution in [2.24, 2.45) is 0 Å². The van der Waals surface area contributed by atoms with Gasteiger partial charge < -0.3 is 4.90 Å². The van der Waals surface area contributed by atoms with Gasteiger partial charge in [0.1, 0.15) is 0 Å². The molecule has 2 heterocycles. The molecular formula is C23H24IN3O2S. The first-order valence-corrected chi connectivity index (χ1v) is 12.2. The van der Waals surface area contributed by atoms with E-state index in [0.29, 0.717) is 22.6 Å². The van der Waals surface area contributed by atoms with Gasteiger partial charge in [0, 0.05) is 16.7 Å². The minimum Gasteiger partial charge on any atom is -0.342 e. The molecular weight excluding hydrogens is 509 g/mol. The summed E-state index contributed by atoms with van der Waals surface area (Å²) in [7, 11) is 0. The standard InChI is InChI=1S/C23H24IN3O2S/c1-16(21(28)26-12-6-3-7-13-26)30-23-25-20-11-10-18(24)14-19(20)22(29)27(23)15-17-8-4-2-5-9-17/h2,4-5,8-11,14,16H,3,6-7,12-13,15H2,1H3. The van der Waals surface area contributed by atoms with Crippen molar-refractivity contribution in [3.8, 4) is 0 Å². The van der Waals surface area contributed by atoms with Crippen LogP contribution in [0.25, 0.3) is 10.9 Å². The highest BCUT2D eigenvalue weighted by molar-refractivity contribution is 14.1. The summed E-state index contributed by atoms with van der Waals surface area (Å²) in [5.74, 6) is 0.128. The van der Waals surface area contributed by atoms with E-state index < -0.39 is 0 Å². The fraction of sp³-hybridized carbons (Fsp3) is 0.348. The lowest BCUT2D eigenvalue weighted by Crippen LogP contribution is -2.40. The molecule has 1 fully saturated rings. The van der Waals surface area contributed by atoms with Crippen LogP contribution >= 0.6 is 34.4 Å². The molecule has 4 rings (SSSR count). The van der Waals surface area contributed by atoms with Crippen LogP contribution in [0.5, 0.6) is 0 Å². The molecule has 1 atom stereocenters. The van der Waals surface area contributed by atoms with E-state index in [-0.39, 0.29) is 16.7 Å². The van der Waals surface area contributed by atoms with Gasteiger partial charge in [-0.1, -0.05) is 42.1 Å². The Bertz CT molecular complexity index is 1110. The normalized spacial score (nSPS) is 15.3. The van der Waals surface area contributed by atoms with E-state index in [1.165, 1.54) is 18.2 Å². The van der Waals surface area contributed by atoms with E-state index >= 15 is 0 Å². The molecule has 1 unspecified atom stereocenters. The second-order valence-corrected chi connectivity index (χ2v) is 10.1. The molecule has 0 N–H and O–H groups in total. The van der Waals surface area contributed by atoms with Crippen LogP contribution in [-0.2, 0) is 11.3 Å². The number of halogens is 1. The average molecular weight is 533 g/mol. The minimum atomic E-state index is -0.293. The zero-order valence-corrected chi connectivity index (χ0v) is 19.9. The molecule has 0 spiro atoms. The Morgan fingerprint density at radius 3 is 2.60 bits per heavy atom. The number of thioether (sulfide) groups is 1. The lowest BCUT2D eigenvalue weighted by molar-refractivity contribution is -0.131. The lowest BCUT2D eigenvalue weighted by atomic mass is 10.1. The van der Waals surface area contributed by atoms with Gasteiger partial charge in [-0.05, 0) is 72.5 Å². The highest BCUT2D eigenvalue weighted by Crippen LogP contribution is 2.26.